The number of rotatable bonds is 9. The molecule has 39 heavy (non-hydrogen) atoms. The number of aromatic nitrogens is 4. The maximum atomic E-state index is 14.1. The van der Waals surface area contributed by atoms with Crippen LogP contribution in [0.4, 0.5) is 0 Å². The highest BCUT2D eigenvalue weighted by Crippen LogP contribution is 2.25. The lowest BCUT2D eigenvalue weighted by Crippen LogP contribution is -2.28. The van der Waals surface area contributed by atoms with Crippen LogP contribution in [0.5, 0.6) is 5.75 Å². The lowest BCUT2D eigenvalue weighted by atomic mass is 9.97. The highest BCUT2D eigenvalue weighted by Gasteiger charge is 2.21. The van der Waals surface area contributed by atoms with E-state index >= 15 is 0 Å². The Morgan fingerprint density at radius 1 is 0.949 bits per heavy atom. The Bertz CT molecular complexity index is 1710. The summed E-state index contributed by atoms with van der Waals surface area (Å²) in [7, 11) is 0. The van der Waals surface area contributed by atoms with Gasteiger partial charge in [0.1, 0.15) is 11.6 Å². The van der Waals surface area contributed by atoms with E-state index in [1.54, 1.807) is 4.57 Å². The second kappa shape index (κ2) is 11.4. The molecule has 0 aliphatic heterocycles. The molecule has 0 atom stereocenters. The minimum Gasteiger partial charge on any atom is -0.494 e. The predicted octanol–water partition coefficient (Wildman–Crippen LogP) is 6.06. The van der Waals surface area contributed by atoms with E-state index in [-0.39, 0.29) is 5.56 Å². The van der Waals surface area contributed by atoms with Gasteiger partial charge in [-0.2, -0.15) is 15.3 Å². The van der Waals surface area contributed by atoms with Crippen LogP contribution in [0.25, 0.3) is 22.6 Å². The topological polar surface area (TPSA) is 85.2 Å². The van der Waals surface area contributed by atoms with Gasteiger partial charge in [-0.1, -0.05) is 62.7 Å². The number of fused-ring (bicyclic) bond motifs is 1. The van der Waals surface area contributed by atoms with Gasteiger partial charge in [0.25, 0.3) is 5.56 Å². The zero-order valence-corrected chi connectivity index (χ0v) is 22.5. The average Bonchev–Trinajstić information content (AvgIpc) is 3.35. The number of benzene rings is 3. The van der Waals surface area contributed by atoms with Crippen LogP contribution >= 0.6 is 0 Å². The molecule has 0 fully saturated rings. The van der Waals surface area contributed by atoms with Crippen molar-refractivity contribution in [1.29, 1.82) is 5.26 Å². The zero-order chi connectivity index (χ0) is 27.4. The number of hydrogen-bond acceptors (Lipinski definition) is 5. The molecule has 0 saturated carbocycles. The largest absolute Gasteiger partial charge is 0.494 e. The molecule has 2 heterocycles. The van der Waals surface area contributed by atoms with E-state index in [0.29, 0.717) is 47.9 Å². The normalized spacial score (nSPS) is 11.0. The van der Waals surface area contributed by atoms with Crippen LogP contribution in [-0.4, -0.2) is 25.8 Å². The van der Waals surface area contributed by atoms with Crippen molar-refractivity contribution in [2.75, 3.05) is 6.61 Å². The Labute approximate surface area is 228 Å². The van der Waals surface area contributed by atoms with Crippen LogP contribution in [0, 0.1) is 18.3 Å². The predicted molar refractivity (Wildman–Crippen MR) is 153 cm³/mol. The van der Waals surface area contributed by atoms with Crippen LogP contribution < -0.4 is 10.3 Å². The van der Waals surface area contributed by atoms with Crippen molar-refractivity contribution < 1.29 is 4.74 Å². The summed E-state index contributed by atoms with van der Waals surface area (Å²) in [6, 6.07) is 25.5. The molecule has 0 aliphatic rings. The summed E-state index contributed by atoms with van der Waals surface area (Å²) in [6.45, 7) is 6.65. The molecule has 0 radical (unpaired) electrons. The minimum absolute atomic E-state index is 0.0977. The highest BCUT2D eigenvalue weighted by molar-refractivity contribution is 5.70. The number of ether oxygens (including phenoxy) is 1. The lowest BCUT2D eigenvalue weighted by molar-refractivity contribution is 0.317. The molecule has 5 rings (SSSR count). The molecule has 0 bridgehead atoms. The molecule has 0 saturated heterocycles. The Kier molecular flexibility index (Phi) is 7.55. The number of aryl methyl sites for hydroxylation is 2. The quantitative estimate of drug-likeness (QED) is 0.237. The third kappa shape index (κ3) is 5.19. The SMILES string of the molecule is CCCOc1ccc(-n2c(=O)c(Cc3ccc(-c4ccccc4C#N)cc3)c(CCC)n3nc(C)nc23)cc1. The molecule has 0 amide bonds. The van der Waals surface area contributed by atoms with E-state index in [9.17, 15) is 10.1 Å². The van der Waals surface area contributed by atoms with Crippen LogP contribution in [0.2, 0.25) is 0 Å². The van der Waals surface area contributed by atoms with Gasteiger partial charge in [-0.15, -0.1) is 0 Å². The van der Waals surface area contributed by atoms with Crippen molar-refractivity contribution in [3.63, 3.8) is 0 Å². The molecular weight excluding hydrogens is 486 g/mol. The zero-order valence-electron chi connectivity index (χ0n) is 22.5. The fourth-order valence-corrected chi connectivity index (χ4v) is 4.86. The molecule has 0 unspecified atom stereocenters. The Balaban J connectivity index is 1.60. The van der Waals surface area contributed by atoms with E-state index in [0.717, 1.165) is 41.0 Å². The summed E-state index contributed by atoms with van der Waals surface area (Å²) in [5.41, 5.74) is 5.71. The summed E-state index contributed by atoms with van der Waals surface area (Å²) >= 11 is 0. The number of hydrogen-bond donors (Lipinski definition) is 0. The van der Waals surface area contributed by atoms with Crippen LogP contribution in [0.1, 0.15) is 54.9 Å². The van der Waals surface area contributed by atoms with Gasteiger partial charge >= 0.3 is 0 Å². The first-order valence-electron chi connectivity index (χ1n) is 13.4. The third-order valence-corrected chi connectivity index (χ3v) is 6.71. The Morgan fingerprint density at radius 3 is 2.38 bits per heavy atom. The minimum atomic E-state index is -0.0977. The second-order valence-electron chi connectivity index (χ2n) is 9.56. The molecule has 0 aliphatic carbocycles. The van der Waals surface area contributed by atoms with Crippen molar-refractivity contribution in [3.05, 3.63) is 111 Å². The van der Waals surface area contributed by atoms with E-state index in [1.807, 2.05) is 84.2 Å². The van der Waals surface area contributed by atoms with Crippen molar-refractivity contribution in [2.24, 2.45) is 0 Å². The highest BCUT2D eigenvalue weighted by atomic mass is 16.5. The van der Waals surface area contributed by atoms with Gasteiger partial charge in [0, 0.05) is 12.0 Å². The fourth-order valence-electron chi connectivity index (χ4n) is 4.86. The summed E-state index contributed by atoms with van der Waals surface area (Å²) in [5.74, 6) is 1.89. The molecule has 7 nitrogen and oxygen atoms in total. The maximum Gasteiger partial charge on any atom is 0.263 e. The molecular formula is C32H31N5O2. The summed E-state index contributed by atoms with van der Waals surface area (Å²) < 4.78 is 9.22. The Morgan fingerprint density at radius 2 is 1.69 bits per heavy atom. The summed E-state index contributed by atoms with van der Waals surface area (Å²) in [6.07, 6.45) is 2.97. The average molecular weight is 518 g/mol. The van der Waals surface area contributed by atoms with Gasteiger partial charge in [-0.25, -0.2) is 9.08 Å². The fraction of sp³-hybridized carbons (Fsp3) is 0.250. The first-order valence-corrected chi connectivity index (χ1v) is 13.4. The van der Waals surface area contributed by atoms with Gasteiger partial charge in [0.2, 0.25) is 5.78 Å². The first kappa shape index (κ1) is 25.9. The van der Waals surface area contributed by atoms with Gasteiger partial charge < -0.3 is 4.74 Å². The molecule has 3 aromatic carbocycles. The molecule has 0 N–H and O–H groups in total. The second-order valence-corrected chi connectivity index (χ2v) is 9.56. The molecule has 7 heteroatoms. The van der Waals surface area contributed by atoms with Gasteiger partial charge in [-0.05, 0) is 66.8 Å². The molecule has 5 aromatic rings. The smallest absolute Gasteiger partial charge is 0.263 e. The summed E-state index contributed by atoms with van der Waals surface area (Å²) in [4.78, 5) is 18.8. The maximum absolute atomic E-state index is 14.1. The monoisotopic (exact) mass is 517 g/mol. The van der Waals surface area contributed by atoms with E-state index < -0.39 is 0 Å². The molecule has 0 spiro atoms. The van der Waals surface area contributed by atoms with E-state index in [2.05, 4.69) is 30.0 Å². The van der Waals surface area contributed by atoms with E-state index in [1.165, 1.54) is 0 Å². The van der Waals surface area contributed by atoms with Crippen LogP contribution in [0.15, 0.2) is 77.6 Å². The van der Waals surface area contributed by atoms with Gasteiger partial charge in [0.05, 0.1) is 29.6 Å². The van der Waals surface area contributed by atoms with Gasteiger partial charge in [0.15, 0.2) is 0 Å². The lowest BCUT2D eigenvalue weighted by Gasteiger charge is -2.16. The number of nitrogens with zero attached hydrogens (tertiary/aromatic N) is 5. The standard InChI is InChI=1S/C32H31N5O2/c1-4-8-30-29(20-23-11-13-24(14-12-23)28-10-7-6-9-25(28)21-33)31(38)36(32-34-22(3)35-37(30)32)26-15-17-27(18-16-26)39-19-5-2/h6-7,9-18H,4-5,8,19-20H2,1-3H3. The third-order valence-electron chi connectivity index (χ3n) is 6.71. The first-order chi connectivity index (χ1) is 19.0. The van der Waals surface area contributed by atoms with Crippen LogP contribution in [0.3, 0.4) is 0 Å². The van der Waals surface area contributed by atoms with Crippen molar-refractivity contribution in [1.82, 2.24) is 19.2 Å². The van der Waals surface area contributed by atoms with Crippen molar-refractivity contribution >= 4 is 5.78 Å². The number of nitriles is 1. The Hall–Kier alpha value is -4.70. The van der Waals surface area contributed by atoms with Crippen molar-refractivity contribution in [2.45, 2.75) is 46.5 Å². The van der Waals surface area contributed by atoms with Crippen molar-refractivity contribution in [3.8, 4) is 28.6 Å². The van der Waals surface area contributed by atoms with Gasteiger partial charge in [-0.3, -0.25) is 4.79 Å². The summed E-state index contributed by atoms with van der Waals surface area (Å²) in [5, 5.41) is 14.2. The van der Waals surface area contributed by atoms with Crippen LogP contribution in [-0.2, 0) is 12.8 Å². The van der Waals surface area contributed by atoms with E-state index in [4.69, 9.17) is 4.74 Å². The molecule has 2 aromatic heterocycles. The molecule has 196 valence electrons.